The highest BCUT2D eigenvalue weighted by Crippen LogP contribution is 2.23. The summed E-state index contributed by atoms with van der Waals surface area (Å²) in [6, 6.07) is 8.26. The summed E-state index contributed by atoms with van der Waals surface area (Å²) in [4.78, 5) is 12.2. The number of aromatic nitrogens is 4. The van der Waals surface area contributed by atoms with Gasteiger partial charge in [0, 0.05) is 29.7 Å². The number of aryl methyl sites for hydroxylation is 1. The van der Waals surface area contributed by atoms with Gasteiger partial charge in [-0.05, 0) is 24.3 Å². The van der Waals surface area contributed by atoms with Crippen molar-refractivity contribution in [2.45, 2.75) is 0 Å². The predicted octanol–water partition coefficient (Wildman–Crippen LogP) is 1.62. The molecule has 0 fully saturated rings. The first kappa shape index (κ1) is 11.5. The molecule has 0 unspecified atom stereocenters. The molecule has 0 saturated heterocycles. The minimum atomic E-state index is 0.148. The van der Waals surface area contributed by atoms with E-state index in [1.165, 1.54) is 7.11 Å². The second-order valence-corrected chi connectivity index (χ2v) is 4.20. The first-order valence-electron chi connectivity index (χ1n) is 5.78. The van der Waals surface area contributed by atoms with Crippen LogP contribution in [0.5, 0.6) is 6.01 Å². The van der Waals surface area contributed by atoms with Gasteiger partial charge in [0.1, 0.15) is 0 Å². The second kappa shape index (κ2) is 4.24. The summed E-state index contributed by atoms with van der Waals surface area (Å²) in [7, 11) is 3.50. The Morgan fingerprint density at radius 1 is 1.16 bits per heavy atom. The number of nitrogen functional groups attached to an aromatic ring is 1. The van der Waals surface area contributed by atoms with Gasteiger partial charge in [0.05, 0.1) is 7.11 Å². The first-order chi connectivity index (χ1) is 9.17. The van der Waals surface area contributed by atoms with Gasteiger partial charge in [-0.15, -0.1) is 0 Å². The lowest BCUT2D eigenvalue weighted by molar-refractivity contribution is 0.379. The zero-order chi connectivity index (χ0) is 13.4. The van der Waals surface area contributed by atoms with Crippen molar-refractivity contribution in [3.05, 3.63) is 30.5 Å². The number of hydrogen-bond donors (Lipinski definition) is 1. The molecule has 3 aromatic rings. The van der Waals surface area contributed by atoms with E-state index in [4.69, 9.17) is 10.5 Å². The van der Waals surface area contributed by atoms with Gasteiger partial charge in [0.2, 0.25) is 5.95 Å². The number of benzene rings is 1. The van der Waals surface area contributed by atoms with Gasteiger partial charge in [-0.3, -0.25) is 0 Å². The minimum Gasteiger partial charge on any atom is -0.467 e. The predicted molar refractivity (Wildman–Crippen MR) is 72.7 cm³/mol. The van der Waals surface area contributed by atoms with E-state index in [2.05, 4.69) is 19.5 Å². The van der Waals surface area contributed by atoms with Crippen molar-refractivity contribution < 1.29 is 4.74 Å². The Hall–Kier alpha value is -2.63. The summed E-state index contributed by atoms with van der Waals surface area (Å²) in [6.45, 7) is 0. The van der Waals surface area contributed by atoms with Gasteiger partial charge in [-0.2, -0.15) is 15.0 Å². The molecule has 0 saturated carbocycles. The van der Waals surface area contributed by atoms with Crippen molar-refractivity contribution in [2.75, 3.05) is 12.8 Å². The molecule has 2 aromatic heterocycles. The van der Waals surface area contributed by atoms with E-state index in [9.17, 15) is 0 Å². The van der Waals surface area contributed by atoms with E-state index in [0.29, 0.717) is 5.82 Å². The van der Waals surface area contributed by atoms with Gasteiger partial charge < -0.3 is 15.0 Å². The topological polar surface area (TPSA) is 78.9 Å². The Morgan fingerprint density at radius 2 is 2.00 bits per heavy atom. The number of fused-ring (bicyclic) bond motifs is 1. The lowest BCUT2D eigenvalue weighted by Gasteiger charge is -2.04. The molecule has 0 bridgehead atoms. The Morgan fingerprint density at radius 3 is 2.79 bits per heavy atom. The number of anilines is 1. The fourth-order valence-corrected chi connectivity index (χ4v) is 2.01. The van der Waals surface area contributed by atoms with E-state index in [-0.39, 0.29) is 12.0 Å². The van der Waals surface area contributed by atoms with Crippen LogP contribution in [0.4, 0.5) is 5.95 Å². The van der Waals surface area contributed by atoms with Crippen molar-refractivity contribution in [3.63, 3.8) is 0 Å². The van der Waals surface area contributed by atoms with Crippen molar-refractivity contribution in [1.29, 1.82) is 0 Å². The highest BCUT2D eigenvalue weighted by atomic mass is 16.5. The summed E-state index contributed by atoms with van der Waals surface area (Å²) in [5, 5.41) is 1.12. The Labute approximate surface area is 109 Å². The standard InChI is InChI=1S/C13H13N5O/c1-18-6-5-8-7-9(3-4-10(8)18)11-15-12(14)17-13(16-11)19-2/h3-7H,1-2H3,(H2,14,15,16,17). The smallest absolute Gasteiger partial charge is 0.321 e. The molecule has 0 radical (unpaired) electrons. The van der Waals surface area contributed by atoms with Gasteiger partial charge in [0.15, 0.2) is 5.82 Å². The molecule has 3 rings (SSSR count). The third-order valence-corrected chi connectivity index (χ3v) is 2.96. The highest BCUT2D eigenvalue weighted by Gasteiger charge is 2.08. The first-order valence-corrected chi connectivity index (χ1v) is 5.78. The maximum atomic E-state index is 5.64. The zero-order valence-corrected chi connectivity index (χ0v) is 10.7. The Balaban J connectivity index is 2.15. The van der Waals surface area contributed by atoms with Crippen molar-refractivity contribution in [3.8, 4) is 17.4 Å². The van der Waals surface area contributed by atoms with Crippen LogP contribution in [0.25, 0.3) is 22.3 Å². The number of nitrogens with zero attached hydrogens (tertiary/aromatic N) is 4. The number of rotatable bonds is 2. The molecule has 0 aliphatic carbocycles. The molecule has 2 N–H and O–H groups in total. The van der Waals surface area contributed by atoms with Gasteiger partial charge in [-0.25, -0.2) is 0 Å². The average Bonchev–Trinajstić information content (AvgIpc) is 2.79. The fraction of sp³-hybridized carbons (Fsp3) is 0.154. The van der Waals surface area contributed by atoms with Crippen molar-refractivity contribution in [1.82, 2.24) is 19.5 Å². The molecule has 0 aliphatic heterocycles. The van der Waals surface area contributed by atoms with Crippen LogP contribution in [0.15, 0.2) is 30.5 Å². The molecule has 6 heteroatoms. The van der Waals surface area contributed by atoms with Crippen LogP contribution in [-0.2, 0) is 7.05 Å². The summed E-state index contributed by atoms with van der Waals surface area (Å²) in [5.41, 5.74) is 7.67. The SMILES string of the molecule is COc1nc(N)nc(-c2ccc3c(ccn3C)c2)n1. The van der Waals surface area contributed by atoms with Gasteiger partial charge in [0.25, 0.3) is 0 Å². The van der Waals surface area contributed by atoms with E-state index >= 15 is 0 Å². The number of ether oxygens (including phenoxy) is 1. The van der Waals surface area contributed by atoms with Crippen LogP contribution in [0.1, 0.15) is 0 Å². The van der Waals surface area contributed by atoms with Crippen LogP contribution in [0, 0.1) is 0 Å². The molecule has 96 valence electrons. The second-order valence-electron chi connectivity index (χ2n) is 4.20. The Bertz CT molecular complexity index is 750. The van der Waals surface area contributed by atoms with Crippen LogP contribution < -0.4 is 10.5 Å². The summed E-state index contributed by atoms with van der Waals surface area (Å²) < 4.78 is 7.06. The third-order valence-electron chi connectivity index (χ3n) is 2.96. The maximum Gasteiger partial charge on any atom is 0.321 e. The third kappa shape index (κ3) is 1.97. The maximum absolute atomic E-state index is 5.64. The van der Waals surface area contributed by atoms with Gasteiger partial charge >= 0.3 is 6.01 Å². The van der Waals surface area contributed by atoms with Crippen LogP contribution in [-0.4, -0.2) is 26.6 Å². The molecule has 0 spiro atoms. The summed E-state index contributed by atoms with van der Waals surface area (Å²) in [5.74, 6) is 0.658. The fourth-order valence-electron chi connectivity index (χ4n) is 2.01. The Kier molecular flexibility index (Phi) is 2.56. The van der Waals surface area contributed by atoms with Crippen LogP contribution in [0.3, 0.4) is 0 Å². The molecular formula is C13H13N5O. The minimum absolute atomic E-state index is 0.148. The van der Waals surface area contributed by atoms with E-state index in [1.54, 1.807) is 0 Å². The summed E-state index contributed by atoms with van der Waals surface area (Å²) in [6.07, 6.45) is 2.01. The molecule has 1 aromatic carbocycles. The van der Waals surface area contributed by atoms with Crippen molar-refractivity contribution in [2.24, 2.45) is 7.05 Å². The van der Waals surface area contributed by atoms with E-state index in [1.807, 2.05) is 37.5 Å². The van der Waals surface area contributed by atoms with Crippen LogP contribution in [0.2, 0.25) is 0 Å². The number of methoxy groups -OCH3 is 1. The molecule has 6 nitrogen and oxygen atoms in total. The van der Waals surface area contributed by atoms with Gasteiger partial charge in [-0.1, -0.05) is 0 Å². The molecule has 0 aliphatic rings. The highest BCUT2D eigenvalue weighted by molar-refractivity contribution is 5.84. The molecular weight excluding hydrogens is 242 g/mol. The molecule has 19 heavy (non-hydrogen) atoms. The largest absolute Gasteiger partial charge is 0.467 e. The number of nitrogens with two attached hydrogens (primary N) is 1. The monoisotopic (exact) mass is 255 g/mol. The average molecular weight is 255 g/mol. The number of hydrogen-bond acceptors (Lipinski definition) is 5. The quantitative estimate of drug-likeness (QED) is 0.752. The van der Waals surface area contributed by atoms with Crippen LogP contribution >= 0.6 is 0 Å². The normalized spacial score (nSPS) is 10.8. The van der Waals surface area contributed by atoms with Crippen molar-refractivity contribution >= 4 is 16.9 Å². The van der Waals surface area contributed by atoms with E-state index in [0.717, 1.165) is 16.5 Å². The molecule has 2 heterocycles. The molecule has 0 amide bonds. The lowest BCUT2D eigenvalue weighted by Crippen LogP contribution is -2.02. The van der Waals surface area contributed by atoms with E-state index < -0.39 is 0 Å². The molecule has 0 atom stereocenters. The zero-order valence-electron chi connectivity index (χ0n) is 10.7. The lowest BCUT2D eigenvalue weighted by atomic mass is 10.1. The summed E-state index contributed by atoms with van der Waals surface area (Å²) >= 11 is 0.